The second-order valence-electron chi connectivity index (χ2n) is 3.31. The molecule has 1 aliphatic carbocycles. The van der Waals surface area contributed by atoms with Crippen LogP contribution in [0.1, 0.15) is 32.6 Å². The van der Waals surface area contributed by atoms with E-state index in [0.29, 0.717) is 4.61 Å². The zero-order chi connectivity index (χ0) is 8.32. The van der Waals surface area contributed by atoms with Crippen LogP contribution in [0.4, 0.5) is 0 Å². The molecule has 0 aliphatic heterocycles. The third kappa shape index (κ3) is 2.28. The molecule has 1 saturated carbocycles. The van der Waals surface area contributed by atoms with Gasteiger partial charge in [0.25, 0.3) is 0 Å². The van der Waals surface area contributed by atoms with E-state index < -0.39 is 0 Å². The van der Waals surface area contributed by atoms with Crippen LogP contribution in [-0.2, 0) is 4.74 Å². The van der Waals surface area contributed by atoms with Gasteiger partial charge in [-0.2, -0.15) is 0 Å². The molecule has 0 amide bonds. The van der Waals surface area contributed by atoms with Gasteiger partial charge in [-0.1, -0.05) is 19.8 Å². The highest BCUT2D eigenvalue weighted by atomic mass is 127. The summed E-state index contributed by atoms with van der Waals surface area (Å²) in [6.07, 6.45) is 5.04. The lowest BCUT2D eigenvalue weighted by molar-refractivity contribution is 0.319. The van der Waals surface area contributed by atoms with Gasteiger partial charge in [0, 0.05) is 5.41 Å². The van der Waals surface area contributed by atoms with Crippen LogP contribution in [0.3, 0.4) is 0 Å². The minimum atomic E-state index is 0.209. The minimum Gasteiger partial charge on any atom is -0.476 e. The highest BCUT2D eigenvalue weighted by Gasteiger charge is 2.34. The fraction of sp³-hybridized carbons (Fsp3) is 0.875. The van der Waals surface area contributed by atoms with Gasteiger partial charge in [-0.15, -0.1) is 0 Å². The second kappa shape index (κ2) is 4.03. The molecule has 0 radical (unpaired) electrons. The van der Waals surface area contributed by atoms with Gasteiger partial charge in [-0.3, -0.25) is 0 Å². The molecule has 3 heteroatoms. The van der Waals surface area contributed by atoms with Crippen LogP contribution in [-0.4, -0.2) is 9.66 Å². The molecule has 1 rings (SSSR count). The normalized spacial score (nSPS) is 21.6. The topological polar surface area (TPSA) is 9.23 Å². The predicted molar refractivity (Wildman–Crippen MR) is 59.1 cm³/mol. The van der Waals surface area contributed by atoms with Crippen molar-refractivity contribution in [3.8, 4) is 0 Å². The summed E-state index contributed by atoms with van der Waals surface area (Å²) >= 11 is 7.39. The SMILES string of the molecule is CC1(C(=S)OCI)CCCC1. The van der Waals surface area contributed by atoms with E-state index >= 15 is 0 Å². The Balaban J connectivity index is 2.49. The summed E-state index contributed by atoms with van der Waals surface area (Å²) < 4.78 is 6.03. The van der Waals surface area contributed by atoms with Crippen molar-refractivity contribution in [3.63, 3.8) is 0 Å². The summed E-state index contributed by atoms with van der Waals surface area (Å²) in [4.78, 5) is 0. The molecule has 1 nitrogen and oxygen atoms in total. The average molecular weight is 284 g/mol. The molecule has 11 heavy (non-hydrogen) atoms. The van der Waals surface area contributed by atoms with Gasteiger partial charge >= 0.3 is 0 Å². The van der Waals surface area contributed by atoms with Crippen molar-refractivity contribution < 1.29 is 4.74 Å². The van der Waals surface area contributed by atoms with Crippen LogP contribution in [0, 0.1) is 5.41 Å². The maximum atomic E-state index is 5.35. The first-order chi connectivity index (χ1) is 5.19. The molecule has 0 N–H and O–H groups in total. The standard InChI is InChI=1S/C8H13IOS/c1-8(4-2-3-5-8)7(11)10-6-9/h2-6H2,1H3. The molecule has 0 aromatic carbocycles. The monoisotopic (exact) mass is 284 g/mol. The fourth-order valence-corrected chi connectivity index (χ4v) is 2.37. The van der Waals surface area contributed by atoms with E-state index in [4.69, 9.17) is 17.0 Å². The van der Waals surface area contributed by atoms with Crippen molar-refractivity contribution in [1.82, 2.24) is 0 Å². The fourth-order valence-electron chi connectivity index (χ4n) is 1.58. The Morgan fingerprint density at radius 1 is 1.55 bits per heavy atom. The van der Waals surface area contributed by atoms with Gasteiger partial charge < -0.3 is 4.74 Å². The van der Waals surface area contributed by atoms with Gasteiger partial charge in [0.2, 0.25) is 0 Å². The molecule has 64 valence electrons. The lowest BCUT2D eigenvalue weighted by Gasteiger charge is -2.23. The third-order valence-electron chi connectivity index (χ3n) is 2.39. The van der Waals surface area contributed by atoms with Crippen molar-refractivity contribution in [3.05, 3.63) is 0 Å². The van der Waals surface area contributed by atoms with Crippen molar-refractivity contribution in [1.29, 1.82) is 0 Å². The van der Waals surface area contributed by atoms with Gasteiger partial charge in [0.1, 0.15) is 4.61 Å². The van der Waals surface area contributed by atoms with Gasteiger partial charge in [0.05, 0.1) is 0 Å². The van der Waals surface area contributed by atoms with Crippen molar-refractivity contribution in [2.45, 2.75) is 32.6 Å². The number of hydrogen-bond donors (Lipinski definition) is 0. The van der Waals surface area contributed by atoms with E-state index in [1.807, 2.05) is 0 Å². The molecule has 1 aliphatic rings. The predicted octanol–water partition coefficient (Wildman–Crippen LogP) is 3.30. The van der Waals surface area contributed by atoms with Crippen molar-refractivity contribution >= 4 is 39.9 Å². The molecule has 0 unspecified atom stereocenters. The highest BCUT2D eigenvalue weighted by Crippen LogP contribution is 2.39. The van der Waals surface area contributed by atoms with E-state index in [1.54, 1.807) is 0 Å². The smallest absolute Gasteiger partial charge is 0.166 e. The Labute approximate surface area is 87.0 Å². The molecule has 0 heterocycles. The van der Waals surface area contributed by atoms with Crippen LogP contribution in [0.25, 0.3) is 0 Å². The second-order valence-corrected chi connectivity index (χ2v) is 4.30. The molecule has 0 saturated heterocycles. The summed E-state index contributed by atoms with van der Waals surface area (Å²) in [6.45, 7) is 2.22. The maximum absolute atomic E-state index is 5.35. The van der Waals surface area contributed by atoms with Crippen molar-refractivity contribution in [2.24, 2.45) is 5.41 Å². The number of alkyl halides is 1. The summed E-state index contributed by atoms with van der Waals surface area (Å²) in [7, 11) is 0. The summed E-state index contributed by atoms with van der Waals surface area (Å²) in [5, 5.41) is 0.824. The van der Waals surface area contributed by atoms with Gasteiger partial charge in [-0.25, -0.2) is 0 Å². The summed E-state index contributed by atoms with van der Waals surface area (Å²) in [5.41, 5.74) is 0.209. The molecule has 1 fully saturated rings. The quantitative estimate of drug-likeness (QED) is 0.437. The number of ether oxygens (including phenoxy) is 1. The third-order valence-corrected chi connectivity index (χ3v) is 3.31. The Kier molecular flexibility index (Phi) is 3.55. The molecule has 0 aromatic rings. The first kappa shape index (κ1) is 9.71. The van der Waals surface area contributed by atoms with Crippen LogP contribution in [0.5, 0.6) is 0 Å². The maximum Gasteiger partial charge on any atom is 0.166 e. The Morgan fingerprint density at radius 3 is 2.55 bits per heavy atom. The van der Waals surface area contributed by atoms with E-state index in [2.05, 4.69) is 29.5 Å². The first-order valence-corrected chi connectivity index (χ1v) is 5.86. The number of rotatable bonds is 2. The largest absolute Gasteiger partial charge is 0.476 e. The first-order valence-electron chi connectivity index (χ1n) is 3.92. The molecule has 0 spiro atoms. The average Bonchev–Trinajstić information content (AvgIpc) is 2.38. The van der Waals surface area contributed by atoms with E-state index in [0.717, 1.165) is 5.05 Å². The molecular weight excluding hydrogens is 271 g/mol. The zero-order valence-corrected chi connectivity index (χ0v) is 9.70. The Bertz CT molecular complexity index is 152. The number of halogens is 1. The molecular formula is C8H13IOS. The van der Waals surface area contributed by atoms with Crippen LogP contribution in [0.15, 0.2) is 0 Å². The summed E-state index contributed by atoms with van der Waals surface area (Å²) in [6, 6.07) is 0. The Hall–Kier alpha value is 0.620. The molecule has 0 atom stereocenters. The highest BCUT2D eigenvalue weighted by molar-refractivity contribution is 14.1. The van der Waals surface area contributed by atoms with Gasteiger partial charge in [0.15, 0.2) is 5.05 Å². The zero-order valence-electron chi connectivity index (χ0n) is 6.73. The Morgan fingerprint density at radius 2 is 2.09 bits per heavy atom. The van der Waals surface area contributed by atoms with E-state index in [1.165, 1.54) is 25.7 Å². The molecule has 0 bridgehead atoms. The van der Waals surface area contributed by atoms with E-state index in [9.17, 15) is 0 Å². The van der Waals surface area contributed by atoms with E-state index in [-0.39, 0.29) is 5.41 Å². The number of thiocarbonyl (C=S) groups is 1. The lowest BCUT2D eigenvalue weighted by Crippen LogP contribution is -2.24. The van der Waals surface area contributed by atoms with Crippen molar-refractivity contribution in [2.75, 3.05) is 4.61 Å². The van der Waals surface area contributed by atoms with Crippen LogP contribution < -0.4 is 0 Å². The van der Waals surface area contributed by atoms with Crippen LogP contribution in [0.2, 0.25) is 0 Å². The lowest BCUT2D eigenvalue weighted by atomic mass is 9.90. The number of hydrogen-bond acceptors (Lipinski definition) is 2. The summed E-state index contributed by atoms with van der Waals surface area (Å²) in [5.74, 6) is 0. The molecule has 0 aromatic heterocycles. The van der Waals surface area contributed by atoms with Crippen LogP contribution >= 0.6 is 34.8 Å². The van der Waals surface area contributed by atoms with Gasteiger partial charge in [-0.05, 0) is 47.7 Å². The minimum absolute atomic E-state index is 0.209.